The molecule has 1 heterocycles. The van der Waals surface area contributed by atoms with E-state index in [1.165, 1.54) is 6.07 Å². The van der Waals surface area contributed by atoms with Gasteiger partial charge in [0.1, 0.15) is 11.6 Å². The lowest BCUT2D eigenvalue weighted by molar-refractivity contribution is 0.0955. The van der Waals surface area contributed by atoms with E-state index in [4.69, 9.17) is 0 Å². The smallest absolute Gasteiger partial charge is 0.252 e. The molecule has 0 unspecified atom stereocenters. The van der Waals surface area contributed by atoms with E-state index in [1.807, 2.05) is 13.0 Å². The fraction of sp³-hybridized carbons (Fsp3) is 0.294. The molecule has 5 heteroatoms. The molecule has 1 aliphatic rings. The molecular formula is C17H18FN3O. The van der Waals surface area contributed by atoms with Crippen LogP contribution in [0.25, 0.3) is 0 Å². The van der Waals surface area contributed by atoms with Crippen LogP contribution in [0.5, 0.6) is 0 Å². The number of nitrogens with one attached hydrogen (secondary N) is 2. The lowest BCUT2D eigenvalue weighted by atomic mass is 10.1. The maximum atomic E-state index is 13.2. The highest BCUT2D eigenvalue weighted by molar-refractivity contribution is 5.93. The molecule has 1 aliphatic carbocycles. The van der Waals surface area contributed by atoms with E-state index in [-0.39, 0.29) is 17.8 Å². The molecule has 4 nitrogen and oxygen atoms in total. The van der Waals surface area contributed by atoms with E-state index in [2.05, 4.69) is 15.6 Å². The summed E-state index contributed by atoms with van der Waals surface area (Å²) < 4.78 is 13.2. The van der Waals surface area contributed by atoms with Crippen molar-refractivity contribution in [3.05, 3.63) is 59.5 Å². The van der Waals surface area contributed by atoms with Gasteiger partial charge in [0, 0.05) is 24.7 Å². The van der Waals surface area contributed by atoms with Crippen LogP contribution in [0.2, 0.25) is 0 Å². The van der Waals surface area contributed by atoms with Gasteiger partial charge in [-0.2, -0.15) is 0 Å². The zero-order chi connectivity index (χ0) is 15.5. The number of halogens is 1. The number of carbonyl (C=O) groups excluding carboxylic acids is 1. The van der Waals surface area contributed by atoms with Gasteiger partial charge in [0.2, 0.25) is 0 Å². The number of benzene rings is 1. The van der Waals surface area contributed by atoms with Gasteiger partial charge in [0.25, 0.3) is 5.91 Å². The lowest BCUT2D eigenvalue weighted by Crippen LogP contribution is -2.22. The molecule has 0 radical (unpaired) electrons. The molecule has 0 bridgehead atoms. The van der Waals surface area contributed by atoms with Crippen molar-refractivity contribution in [2.24, 2.45) is 0 Å². The predicted octanol–water partition coefficient (Wildman–Crippen LogP) is 2.94. The van der Waals surface area contributed by atoms with Gasteiger partial charge >= 0.3 is 0 Å². The van der Waals surface area contributed by atoms with Gasteiger partial charge in [-0.15, -0.1) is 0 Å². The van der Waals surface area contributed by atoms with Crippen molar-refractivity contribution in [1.29, 1.82) is 0 Å². The molecule has 1 aromatic heterocycles. The minimum atomic E-state index is -0.201. The lowest BCUT2D eigenvalue weighted by Gasteiger charge is -2.07. The number of hydrogen-bond donors (Lipinski definition) is 2. The zero-order valence-corrected chi connectivity index (χ0v) is 12.3. The number of aromatic nitrogens is 1. The first-order valence-electron chi connectivity index (χ1n) is 7.43. The van der Waals surface area contributed by atoms with Crippen molar-refractivity contribution in [3.63, 3.8) is 0 Å². The Labute approximate surface area is 128 Å². The first kappa shape index (κ1) is 14.5. The van der Waals surface area contributed by atoms with Crippen LogP contribution in [0.15, 0.2) is 42.6 Å². The third kappa shape index (κ3) is 3.24. The van der Waals surface area contributed by atoms with Crippen molar-refractivity contribution < 1.29 is 9.18 Å². The Balaban J connectivity index is 1.60. The molecule has 0 saturated heterocycles. The molecule has 2 N–H and O–H groups in total. The number of anilines is 1. The molecule has 22 heavy (non-hydrogen) atoms. The monoisotopic (exact) mass is 299 g/mol. The summed E-state index contributed by atoms with van der Waals surface area (Å²) in [6.45, 7) is 2.47. The van der Waals surface area contributed by atoms with Crippen molar-refractivity contribution in [3.8, 4) is 0 Å². The highest BCUT2D eigenvalue weighted by atomic mass is 19.1. The van der Waals surface area contributed by atoms with Crippen molar-refractivity contribution in [2.45, 2.75) is 25.3 Å². The number of hydrogen-bond acceptors (Lipinski definition) is 3. The average Bonchev–Trinajstić information content (AvgIpc) is 3.27. The van der Waals surface area contributed by atoms with Crippen molar-refractivity contribution in [2.75, 3.05) is 11.9 Å². The Morgan fingerprint density at radius 2 is 2.23 bits per heavy atom. The van der Waals surface area contributed by atoms with E-state index in [0.29, 0.717) is 18.0 Å². The highest BCUT2D eigenvalue weighted by Crippen LogP contribution is 2.42. The Morgan fingerprint density at radius 3 is 2.91 bits per heavy atom. The van der Waals surface area contributed by atoms with E-state index < -0.39 is 0 Å². The molecule has 2 aromatic rings. The summed E-state index contributed by atoms with van der Waals surface area (Å²) in [6.07, 6.45) is 2.52. The molecule has 1 amide bonds. The summed E-state index contributed by atoms with van der Waals surface area (Å²) in [5.74, 6) is 0.732. The first-order chi connectivity index (χ1) is 10.7. The third-order valence-electron chi connectivity index (χ3n) is 3.76. The molecule has 1 aromatic carbocycles. The minimum Gasteiger partial charge on any atom is -0.367 e. The van der Waals surface area contributed by atoms with Crippen LogP contribution >= 0.6 is 0 Å². The largest absolute Gasteiger partial charge is 0.367 e. The zero-order valence-electron chi connectivity index (χ0n) is 12.3. The van der Waals surface area contributed by atoms with Gasteiger partial charge in [-0.1, -0.05) is 12.1 Å². The van der Waals surface area contributed by atoms with Crippen LogP contribution < -0.4 is 10.6 Å². The summed E-state index contributed by atoms with van der Waals surface area (Å²) >= 11 is 0. The highest BCUT2D eigenvalue weighted by Gasteiger charge is 2.38. The van der Waals surface area contributed by atoms with E-state index >= 15 is 0 Å². The van der Waals surface area contributed by atoms with E-state index in [0.717, 1.165) is 17.8 Å². The molecule has 114 valence electrons. The third-order valence-corrected chi connectivity index (χ3v) is 3.76. The minimum absolute atomic E-state index is 0.120. The molecular weight excluding hydrogens is 281 g/mol. The summed E-state index contributed by atoms with van der Waals surface area (Å²) in [7, 11) is 0. The maximum Gasteiger partial charge on any atom is 0.252 e. The second-order valence-electron chi connectivity index (χ2n) is 5.44. The van der Waals surface area contributed by atoms with Crippen LogP contribution in [0, 0.1) is 5.82 Å². The second kappa shape index (κ2) is 6.13. The van der Waals surface area contributed by atoms with E-state index in [1.54, 1.807) is 30.5 Å². The average molecular weight is 299 g/mol. The summed E-state index contributed by atoms with van der Waals surface area (Å²) in [5, 5.41) is 6.05. The Morgan fingerprint density at radius 1 is 1.36 bits per heavy atom. The second-order valence-corrected chi connectivity index (χ2v) is 5.44. The number of carbonyl (C=O) groups is 1. The number of nitrogens with zero attached hydrogens (tertiary/aromatic N) is 1. The molecule has 2 atom stereocenters. The van der Waals surface area contributed by atoms with Gasteiger partial charge in [0.15, 0.2) is 0 Å². The van der Waals surface area contributed by atoms with Gasteiger partial charge in [-0.3, -0.25) is 4.79 Å². The summed E-state index contributed by atoms with van der Waals surface area (Å²) in [5.41, 5.74) is 1.56. The molecule has 1 saturated carbocycles. The topological polar surface area (TPSA) is 54.0 Å². The van der Waals surface area contributed by atoms with Gasteiger partial charge in [-0.25, -0.2) is 9.37 Å². The van der Waals surface area contributed by atoms with Crippen LogP contribution in [0.1, 0.15) is 35.2 Å². The molecule has 0 spiro atoms. The normalized spacial score (nSPS) is 19.5. The van der Waals surface area contributed by atoms with E-state index in [9.17, 15) is 9.18 Å². The van der Waals surface area contributed by atoms with Gasteiger partial charge in [0.05, 0.1) is 5.56 Å². The molecule has 0 aliphatic heterocycles. The fourth-order valence-electron chi connectivity index (χ4n) is 2.53. The quantitative estimate of drug-likeness (QED) is 0.892. The van der Waals surface area contributed by atoms with Gasteiger partial charge < -0.3 is 10.6 Å². The first-order valence-corrected chi connectivity index (χ1v) is 7.43. The number of amides is 1. The van der Waals surface area contributed by atoms with Gasteiger partial charge in [-0.05, 0) is 43.2 Å². The Hall–Kier alpha value is -2.43. The number of pyridine rings is 1. The number of rotatable bonds is 5. The van der Waals surface area contributed by atoms with Crippen molar-refractivity contribution in [1.82, 2.24) is 10.3 Å². The Kier molecular flexibility index (Phi) is 4.04. The summed E-state index contributed by atoms with van der Waals surface area (Å²) in [6, 6.07) is 10.5. The maximum absolute atomic E-state index is 13.2. The van der Waals surface area contributed by atoms with Crippen molar-refractivity contribution >= 4 is 11.7 Å². The SMILES string of the molecule is CCNC(=O)c1ccc(N[C@@H]2C[C@H]2c2cccc(F)c2)nc1. The summed E-state index contributed by atoms with van der Waals surface area (Å²) in [4.78, 5) is 15.9. The Bertz CT molecular complexity index is 672. The van der Waals surface area contributed by atoms with Crippen LogP contribution in [-0.4, -0.2) is 23.5 Å². The standard InChI is InChI=1S/C17H18FN3O/c1-2-19-17(22)12-6-7-16(20-10-12)21-15-9-14(15)11-4-3-5-13(18)8-11/h3-8,10,14-15H,2,9H2,1H3,(H,19,22)(H,20,21)/t14-,15+/m0/s1. The van der Waals surface area contributed by atoms with Crippen LogP contribution in [-0.2, 0) is 0 Å². The predicted molar refractivity (Wildman–Crippen MR) is 83.4 cm³/mol. The molecule has 1 fully saturated rings. The molecule has 3 rings (SSSR count). The van der Waals surface area contributed by atoms with Crippen LogP contribution in [0.3, 0.4) is 0 Å². The fourth-order valence-corrected chi connectivity index (χ4v) is 2.53. The van der Waals surface area contributed by atoms with Crippen LogP contribution in [0.4, 0.5) is 10.2 Å².